The van der Waals surface area contributed by atoms with Crippen LogP contribution in [0.5, 0.6) is 0 Å². The molecule has 0 fully saturated rings. The third-order valence-corrected chi connectivity index (χ3v) is 3.31. The van der Waals surface area contributed by atoms with Crippen LogP contribution in [0.1, 0.15) is 21.3 Å². The van der Waals surface area contributed by atoms with Crippen molar-refractivity contribution in [1.82, 2.24) is 0 Å². The summed E-state index contributed by atoms with van der Waals surface area (Å²) in [5, 5.41) is 9.46. The molecule has 0 aliphatic heterocycles. The quantitative estimate of drug-likeness (QED) is 0.279. The maximum atomic E-state index is 12.1. The Morgan fingerprint density at radius 1 is 1.05 bits per heavy atom. The minimum atomic E-state index is -1.25. The molecule has 0 aromatic heterocycles. The van der Waals surface area contributed by atoms with Crippen LogP contribution in [-0.2, 0) is 4.79 Å². The first-order chi connectivity index (χ1) is 10.0. The van der Waals surface area contributed by atoms with Gasteiger partial charge >= 0.3 is 0 Å². The SMILES string of the molecule is O=C(C(=O)C(Cl)c1cccc([N+](=O)[O-])c1)c1ccccc1. The number of nitro groups is 1. The third-order valence-electron chi connectivity index (χ3n) is 2.86. The zero-order chi connectivity index (χ0) is 15.4. The molecular weight excluding hydrogens is 294 g/mol. The number of hydrogen-bond donors (Lipinski definition) is 0. The second-order valence-electron chi connectivity index (χ2n) is 4.27. The predicted octanol–water partition coefficient (Wildman–Crippen LogP) is 3.33. The van der Waals surface area contributed by atoms with E-state index < -0.39 is 21.9 Å². The molecule has 0 N–H and O–H groups in total. The van der Waals surface area contributed by atoms with Crippen LogP contribution in [-0.4, -0.2) is 16.5 Å². The lowest BCUT2D eigenvalue weighted by atomic mass is 10.0. The summed E-state index contributed by atoms with van der Waals surface area (Å²) in [6.07, 6.45) is 0. The van der Waals surface area contributed by atoms with Crippen molar-refractivity contribution in [2.45, 2.75) is 5.38 Å². The Bertz CT molecular complexity index is 700. The molecular formula is C15H10ClNO4. The number of Topliss-reactive ketones (excluding diaryl/α,β-unsaturated/α-hetero) is 2. The van der Waals surface area contributed by atoms with Gasteiger partial charge in [-0.25, -0.2) is 0 Å². The molecule has 1 unspecified atom stereocenters. The van der Waals surface area contributed by atoms with Crippen molar-refractivity contribution in [3.63, 3.8) is 0 Å². The van der Waals surface area contributed by atoms with Gasteiger partial charge in [-0.1, -0.05) is 42.5 Å². The third kappa shape index (κ3) is 3.32. The van der Waals surface area contributed by atoms with E-state index in [-0.39, 0.29) is 16.8 Å². The minimum Gasteiger partial charge on any atom is -0.288 e. The number of nitrogens with zero attached hydrogens (tertiary/aromatic N) is 1. The standard InChI is InChI=1S/C15H10ClNO4/c16-13(11-7-4-8-12(9-11)17(20)21)15(19)14(18)10-5-2-1-3-6-10/h1-9,13H. The molecule has 0 radical (unpaired) electrons. The van der Waals surface area contributed by atoms with Gasteiger partial charge in [0.15, 0.2) is 0 Å². The monoisotopic (exact) mass is 303 g/mol. The van der Waals surface area contributed by atoms with Crippen LogP contribution in [0.3, 0.4) is 0 Å². The number of carbonyl (C=O) groups is 2. The molecule has 0 spiro atoms. The summed E-state index contributed by atoms with van der Waals surface area (Å²) in [6, 6.07) is 13.4. The van der Waals surface area contributed by atoms with Gasteiger partial charge < -0.3 is 0 Å². The molecule has 106 valence electrons. The first-order valence-corrected chi connectivity index (χ1v) is 6.46. The maximum absolute atomic E-state index is 12.1. The van der Waals surface area contributed by atoms with Crippen molar-refractivity contribution in [2.75, 3.05) is 0 Å². The van der Waals surface area contributed by atoms with Crippen molar-refractivity contribution in [3.8, 4) is 0 Å². The average Bonchev–Trinajstić information content (AvgIpc) is 2.53. The molecule has 6 heteroatoms. The van der Waals surface area contributed by atoms with Crippen molar-refractivity contribution in [1.29, 1.82) is 0 Å². The highest BCUT2D eigenvalue weighted by Crippen LogP contribution is 2.26. The highest BCUT2D eigenvalue weighted by molar-refractivity contribution is 6.53. The highest BCUT2D eigenvalue weighted by Gasteiger charge is 2.26. The molecule has 21 heavy (non-hydrogen) atoms. The summed E-state index contributed by atoms with van der Waals surface area (Å²) < 4.78 is 0. The van der Waals surface area contributed by atoms with Gasteiger partial charge in [0.25, 0.3) is 5.69 Å². The molecule has 0 bridgehead atoms. The van der Waals surface area contributed by atoms with E-state index in [0.29, 0.717) is 0 Å². The summed E-state index contributed by atoms with van der Waals surface area (Å²) in [7, 11) is 0. The predicted molar refractivity (Wildman–Crippen MR) is 77.5 cm³/mol. The summed E-state index contributed by atoms with van der Waals surface area (Å²) in [5.74, 6) is -1.54. The molecule has 0 aliphatic rings. The molecule has 0 aliphatic carbocycles. The Kier molecular flexibility index (Phi) is 4.45. The van der Waals surface area contributed by atoms with Crippen LogP contribution < -0.4 is 0 Å². The molecule has 0 heterocycles. The van der Waals surface area contributed by atoms with Gasteiger partial charge in [0.05, 0.1) is 4.92 Å². The van der Waals surface area contributed by atoms with Crippen molar-refractivity contribution in [3.05, 3.63) is 75.8 Å². The number of carbonyl (C=O) groups excluding carboxylic acids is 2. The number of benzene rings is 2. The van der Waals surface area contributed by atoms with Crippen LogP contribution in [0.2, 0.25) is 0 Å². The van der Waals surface area contributed by atoms with Gasteiger partial charge in [-0.05, 0) is 5.56 Å². The summed E-state index contributed by atoms with van der Waals surface area (Å²) in [6.45, 7) is 0. The van der Waals surface area contributed by atoms with E-state index in [2.05, 4.69) is 0 Å². The zero-order valence-corrected chi connectivity index (χ0v) is 11.5. The zero-order valence-electron chi connectivity index (χ0n) is 10.7. The van der Waals surface area contributed by atoms with E-state index in [1.165, 1.54) is 36.4 Å². The van der Waals surface area contributed by atoms with Gasteiger partial charge in [0.2, 0.25) is 11.6 Å². The lowest BCUT2D eigenvalue weighted by molar-refractivity contribution is -0.384. The largest absolute Gasteiger partial charge is 0.288 e. The first kappa shape index (κ1) is 14.9. The second-order valence-corrected chi connectivity index (χ2v) is 4.71. The van der Waals surface area contributed by atoms with Gasteiger partial charge in [-0.3, -0.25) is 19.7 Å². The van der Waals surface area contributed by atoms with E-state index in [4.69, 9.17) is 11.6 Å². The van der Waals surface area contributed by atoms with E-state index in [1.54, 1.807) is 18.2 Å². The number of non-ortho nitro benzene ring substituents is 1. The van der Waals surface area contributed by atoms with Gasteiger partial charge in [-0.15, -0.1) is 11.6 Å². The Labute approximate surface area is 125 Å². The summed E-state index contributed by atoms with van der Waals surface area (Å²) in [4.78, 5) is 34.2. The molecule has 2 aromatic carbocycles. The molecule has 0 saturated carbocycles. The van der Waals surface area contributed by atoms with Crippen LogP contribution in [0.4, 0.5) is 5.69 Å². The second kappa shape index (κ2) is 6.28. The Morgan fingerprint density at radius 3 is 2.33 bits per heavy atom. The number of hydrogen-bond acceptors (Lipinski definition) is 4. The van der Waals surface area contributed by atoms with E-state index in [0.717, 1.165) is 0 Å². The topological polar surface area (TPSA) is 77.3 Å². The number of halogens is 1. The van der Waals surface area contributed by atoms with Crippen LogP contribution in [0, 0.1) is 10.1 Å². The molecule has 5 nitrogen and oxygen atoms in total. The van der Waals surface area contributed by atoms with E-state index in [9.17, 15) is 19.7 Å². The Balaban J connectivity index is 2.25. The van der Waals surface area contributed by atoms with Crippen molar-refractivity contribution < 1.29 is 14.5 Å². The molecule has 1 atom stereocenters. The number of alkyl halides is 1. The van der Waals surface area contributed by atoms with Crippen molar-refractivity contribution >= 4 is 28.9 Å². The van der Waals surface area contributed by atoms with E-state index >= 15 is 0 Å². The van der Waals surface area contributed by atoms with Crippen molar-refractivity contribution in [2.24, 2.45) is 0 Å². The number of rotatable bonds is 5. The summed E-state index contributed by atoms with van der Waals surface area (Å²) >= 11 is 5.99. The van der Waals surface area contributed by atoms with Crippen LogP contribution in [0.25, 0.3) is 0 Å². The molecule has 0 amide bonds. The molecule has 2 aromatic rings. The number of ketones is 2. The first-order valence-electron chi connectivity index (χ1n) is 6.02. The molecule has 0 saturated heterocycles. The normalized spacial score (nSPS) is 11.7. The number of nitro benzene ring substituents is 1. The summed E-state index contributed by atoms with van der Waals surface area (Å²) in [5.41, 5.74) is 0.275. The lowest BCUT2D eigenvalue weighted by Gasteiger charge is -2.08. The Morgan fingerprint density at radius 2 is 1.71 bits per heavy atom. The van der Waals surface area contributed by atoms with Gasteiger partial charge in [0.1, 0.15) is 5.38 Å². The smallest absolute Gasteiger partial charge is 0.269 e. The highest BCUT2D eigenvalue weighted by atomic mass is 35.5. The van der Waals surface area contributed by atoms with Crippen LogP contribution in [0.15, 0.2) is 54.6 Å². The van der Waals surface area contributed by atoms with Crippen LogP contribution >= 0.6 is 11.6 Å². The fourth-order valence-electron chi connectivity index (χ4n) is 1.79. The fraction of sp³-hybridized carbons (Fsp3) is 0.0667. The van der Waals surface area contributed by atoms with Gasteiger partial charge in [0, 0.05) is 17.7 Å². The maximum Gasteiger partial charge on any atom is 0.269 e. The molecule has 2 rings (SSSR count). The average molecular weight is 304 g/mol. The van der Waals surface area contributed by atoms with E-state index in [1.807, 2.05) is 0 Å². The Hall–Kier alpha value is -2.53. The fourth-order valence-corrected chi connectivity index (χ4v) is 2.03. The lowest BCUT2D eigenvalue weighted by Crippen LogP contribution is -2.19. The van der Waals surface area contributed by atoms with Gasteiger partial charge in [-0.2, -0.15) is 0 Å². The minimum absolute atomic E-state index is 0.182.